The number of rotatable bonds is 2. The van der Waals surface area contributed by atoms with Gasteiger partial charge >= 0.3 is 42.4 Å². The molecule has 2 aromatic carbocycles. The molecule has 0 N–H and O–H groups in total. The summed E-state index contributed by atoms with van der Waals surface area (Å²) in [6.07, 6.45) is 0. The Morgan fingerprint density at radius 1 is 0.500 bits per heavy atom. The Hall–Kier alpha value is -0.681. The zero-order chi connectivity index (χ0) is 23.5. The van der Waals surface area contributed by atoms with Gasteiger partial charge in [-0.25, -0.2) is 0 Å². The first kappa shape index (κ1) is 38.6. The van der Waals surface area contributed by atoms with Gasteiger partial charge < -0.3 is 0 Å². The molecule has 0 bridgehead atoms. The van der Waals surface area contributed by atoms with Crippen molar-refractivity contribution in [2.24, 2.45) is 0 Å². The second kappa shape index (κ2) is 9.90. The van der Waals surface area contributed by atoms with Gasteiger partial charge in [0.25, 0.3) is 9.05 Å². The average molecular weight is 668 g/mol. The molecule has 0 nitrogen and oxygen atoms in total. The van der Waals surface area contributed by atoms with E-state index in [-0.39, 0.29) is 22.3 Å². The summed E-state index contributed by atoms with van der Waals surface area (Å²) in [6, 6.07) is 8.54. The Kier molecular flexibility index (Phi) is 11.9. The van der Waals surface area contributed by atoms with Crippen LogP contribution in [-0.2, 0) is 0 Å². The molecule has 0 aliphatic rings. The molecule has 0 aliphatic carbocycles. The minimum atomic E-state index is -9.43. The third-order valence-corrected chi connectivity index (χ3v) is 5.24. The van der Waals surface area contributed by atoms with Crippen LogP contribution in [0.15, 0.2) is 70.5 Å². The maximum atomic E-state index is 12.4. The first-order valence-electron chi connectivity index (χ1n) is 6.53. The van der Waals surface area contributed by atoms with Crippen LogP contribution >= 0.6 is 30.0 Å². The predicted molar refractivity (Wildman–Crippen MR) is 111 cm³/mol. The Balaban J connectivity index is -0.000000189. The SMILES string of the molecule is C.C.C.FS(F)(F)(F)(Cl)c1ccccc1.FS(F)(F)(F)(F)c1ccccc1.[F][Sn]([F])([F])[F]. The quantitative estimate of drug-likeness (QED) is 0.221. The normalized spacial score (nSPS) is 15.4. The van der Waals surface area contributed by atoms with Gasteiger partial charge in [0.05, 0.1) is 4.90 Å². The molecule has 17 heteroatoms. The van der Waals surface area contributed by atoms with Crippen LogP contribution < -0.4 is 0 Å². The van der Waals surface area contributed by atoms with Crippen LogP contribution in [0.5, 0.6) is 0 Å². The zero-order valence-corrected chi connectivity index (χ0v) is 18.6. The summed E-state index contributed by atoms with van der Waals surface area (Å²) in [5, 5.41) is 0. The van der Waals surface area contributed by atoms with Crippen LogP contribution in [0.2, 0.25) is 0 Å². The molecule has 0 atom stereocenters. The summed E-state index contributed by atoms with van der Waals surface area (Å²) >= 11 is -7.18. The molecule has 0 unspecified atom stereocenters. The van der Waals surface area contributed by atoms with E-state index >= 15 is 0 Å². The van der Waals surface area contributed by atoms with E-state index in [9.17, 15) is 46.4 Å². The van der Waals surface area contributed by atoms with Crippen molar-refractivity contribution in [3.8, 4) is 0 Å². The van der Waals surface area contributed by atoms with E-state index in [0.717, 1.165) is 24.3 Å². The van der Waals surface area contributed by atoms with Crippen molar-refractivity contribution in [3.63, 3.8) is 0 Å². The van der Waals surface area contributed by atoms with Gasteiger partial charge in [-0.05, 0) is 24.3 Å². The number of hydrogen-bond acceptors (Lipinski definition) is 0. The van der Waals surface area contributed by atoms with Crippen molar-refractivity contribution < 1.29 is 46.4 Å². The third-order valence-electron chi connectivity index (χ3n) is 2.38. The first-order valence-corrected chi connectivity index (χ1v) is 15.7. The summed E-state index contributed by atoms with van der Waals surface area (Å²) in [7, 11) is -13.9. The van der Waals surface area contributed by atoms with E-state index in [1.54, 1.807) is 0 Å². The molecular weight excluding hydrogens is 645 g/mol. The van der Waals surface area contributed by atoms with Gasteiger partial charge in [-0.3, -0.25) is 0 Å². The van der Waals surface area contributed by atoms with Gasteiger partial charge in [-0.2, -0.15) is 0 Å². The monoisotopic (exact) mass is 668 g/mol. The van der Waals surface area contributed by atoms with Crippen LogP contribution in [0.4, 0.5) is 46.4 Å². The number of benzene rings is 2. The first-order chi connectivity index (χ1) is 12.2. The molecule has 0 saturated heterocycles. The van der Waals surface area contributed by atoms with E-state index < -0.39 is 49.7 Å². The number of halogens is 14. The fourth-order valence-electron chi connectivity index (χ4n) is 1.36. The Bertz CT molecular complexity index is 733. The molecule has 2 rings (SSSR count). The predicted octanol–water partition coefficient (Wildman–Crippen LogP) is 12.2. The molecule has 0 saturated carbocycles. The standard InChI is InChI=1S/C6H5ClF4S.C6H5F5S.3CH4.4FH.Sn/c2*7-12(8,9,10,11)6-4-2-1-3-5-6;;;;;;;;/h2*1-5H;3*1H4;4*1H;/q;;;;;;;;;+4/p-4. The second-order valence-corrected chi connectivity index (χ2v) is 14.1. The van der Waals surface area contributed by atoms with E-state index in [0.29, 0.717) is 24.3 Å². The topological polar surface area (TPSA) is 0 Å². The fourth-order valence-corrected chi connectivity index (χ4v) is 3.01. The van der Waals surface area contributed by atoms with Crippen molar-refractivity contribution in [2.75, 3.05) is 0 Å². The van der Waals surface area contributed by atoms with E-state index in [1.807, 2.05) is 0 Å². The van der Waals surface area contributed by atoms with Crippen molar-refractivity contribution >= 4 is 50.6 Å². The Morgan fingerprint density at radius 3 is 0.844 bits per heavy atom. The van der Waals surface area contributed by atoms with Gasteiger partial charge in [-0.1, -0.05) is 78.1 Å². The van der Waals surface area contributed by atoms with Crippen LogP contribution in [0.3, 0.4) is 0 Å². The van der Waals surface area contributed by atoms with Crippen molar-refractivity contribution in [3.05, 3.63) is 60.7 Å². The van der Waals surface area contributed by atoms with E-state index in [1.165, 1.54) is 12.1 Å². The molecule has 196 valence electrons. The molecule has 32 heavy (non-hydrogen) atoms. The molecule has 0 radical (unpaired) electrons. The number of hydrogen-bond donors (Lipinski definition) is 0. The zero-order valence-electron chi connectivity index (χ0n) is 13.4. The van der Waals surface area contributed by atoms with E-state index in [2.05, 4.69) is 10.7 Å². The van der Waals surface area contributed by atoms with Gasteiger partial charge in [0.2, 0.25) is 0 Å². The molecule has 0 spiro atoms. The van der Waals surface area contributed by atoms with Crippen LogP contribution in [0, 0.1) is 0 Å². The van der Waals surface area contributed by atoms with Crippen LogP contribution in [-0.4, -0.2) is 20.7 Å². The Labute approximate surface area is 189 Å². The van der Waals surface area contributed by atoms with Gasteiger partial charge in [0, 0.05) is 10.7 Å². The molecular formula is C15H22ClF13S2Sn. The van der Waals surface area contributed by atoms with Crippen LogP contribution in [0.25, 0.3) is 0 Å². The van der Waals surface area contributed by atoms with Gasteiger partial charge in [-0.15, -0.1) is 15.5 Å². The summed E-state index contributed by atoms with van der Waals surface area (Å²) in [5.41, 5.74) is 0. The molecule has 2 aromatic rings. The Morgan fingerprint density at radius 2 is 0.719 bits per heavy atom. The van der Waals surface area contributed by atoms with Gasteiger partial charge in [0.1, 0.15) is 4.90 Å². The van der Waals surface area contributed by atoms with Crippen LogP contribution in [0.1, 0.15) is 22.3 Å². The maximum absolute atomic E-state index is 12.4. The molecule has 0 aromatic heterocycles. The third kappa shape index (κ3) is 18.8. The summed E-state index contributed by atoms with van der Waals surface area (Å²) in [6.45, 7) is 0. The summed E-state index contributed by atoms with van der Waals surface area (Å²) in [5.74, 6) is 0. The molecule has 0 amide bonds. The molecule has 0 aliphatic heterocycles. The van der Waals surface area contributed by atoms with Crippen molar-refractivity contribution in [2.45, 2.75) is 32.1 Å². The average Bonchev–Trinajstić information content (AvgIpc) is 2.43. The fraction of sp³-hybridized carbons (Fsp3) is 0.200. The van der Waals surface area contributed by atoms with E-state index in [4.69, 9.17) is 0 Å². The van der Waals surface area contributed by atoms with Gasteiger partial charge in [0.15, 0.2) is 0 Å². The summed E-state index contributed by atoms with van der Waals surface area (Å²) in [4.78, 5) is -3.27. The molecule has 0 fully saturated rings. The second-order valence-electron chi connectivity index (χ2n) is 4.99. The minimum absolute atomic E-state index is 0. The summed E-state index contributed by atoms with van der Waals surface area (Å²) < 4.78 is 149. The van der Waals surface area contributed by atoms with Crippen molar-refractivity contribution in [1.29, 1.82) is 0 Å². The molecule has 0 heterocycles. The van der Waals surface area contributed by atoms with Crippen molar-refractivity contribution in [1.82, 2.24) is 0 Å².